The van der Waals surface area contributed by atoms with Gasteiger partial charge in [0.25, 0.3) is 0 Å². The molecule has 170 valence electrons. The van der Waals surface area contributed by atoms with Crippen LogP contribution in [0.15, 0.2) is 42.5 Å². The molecule has 0 aromatic heterocycles. The minimum atomic E-state index is -5.69. The number of methoxy groups -OCH3 is 1. The van der Waals surface area contributed by atoms with Gasteiger partial charge in [-0.15, -0.1) is 0 Å². The zero-order valence-electron chi connectivity index (χ0n) is 16.2. The monoisotopic (exact) mass is 561 g/mol. The second-order valence-electron chi connectivity index (χ2n) is 6.88. The molecule has 2 aromatic rings. The minimum absolute atomic E-state index is 0.0413. The quantitative estimate of drug-likeness (QED) is 0.374. The van der Waals surface area contributed by atoms with Crippen LogP contribution in [0.4, 0.5) is 32.0 Å². The normalized spacial score (nSPS) is 20.0. The first kappa shape index (κ1) is 22.5. The SMILES string of the molecule is COc1cccc(N2CCOCC2)c1I1OC(C(F)(F)F)(C(F)(F)F)c2ccccc21. The zero-order valence-corrected chi connectivity index (χ0v) is 18.3. The predicted octanol–water partition coefficient (Wildman–Crippen LogP) is 5.34. The molecule has 0 amide bonds. The summed E-state index contributed by atoms with van der Waals surface area (Å²) in [4.78, 5) is 1.88. The van der Waals surface area contributed by atoms with Crippen LogP contribution >= 0.6 is 20.2 Å². The van der Waals surface area contributed by atoms with Crippen molar-refractivity contribution in [1.29, 1.82) is 0 Å². The Hall–Kier alpha value is -1.73. The van der Waals surface area contributed by atoms with Gasteiger partial charge in [-0.3, -0.25) is 0 Å². The molecule has 0 bridgehead atoms. The molecule has 1 saturated heterocycles. The second-order valence-corrected chi connectivity index (χ2v) is 11.0. The Morgan fingerprint density at radius 1 is 0.935 bits per heavy atom. The number of hydrogen-bond donors (Lipinski definition) is 0. The van der Waals surface area contributed by atoms with Crippen molar-refractivity contribution in [2.75, 3.05) is 38.3 Å². The van der Waals surface area contributed by atoms with Gasteiger partial charge in [0.1, 0.15) is 0 Å². The summed E-state index contributed by atoms with van der Waals surface area (Å²) in [5.74, 6) is 0.212. The number of morpholine rings is 1. The molecular weight excluding hydrogens is 543 g/mol. The molecule has 0 N–H and O–H groups in total. The van der Waals surface area contributed by atoms with Crippen molar-refractivity contribution in [2.45, 2.75) is 18.0 Å². The van der Waals surface area contributed by atoms with Crippen LogP contribution in [0, 0.1) is 7.14 Å². The molecule has 2 aromatic carbocycles. The van der Waals surface area contributed by atoms with Gasteiger partial charge in [0.2, 0.25) is 0 Å². The molecule has 0 aliphatic carbocycles. The van der Waals surface area contributed by atoms with Gasteiger partial charge in [-0.2, -0.15) is 0 Å². The summed E-state index contributed by atoms with van der Waals surface area (Å²) in [5, 5.41) is 0. The molecule has 0 unspecified atom stereocenters. The van der Waals surface area contributed by atoms with Crippen molar-refractivity contribution in [3.63, 3.8) is 0 Å². The number of anilines is 1. The average molecular weight is 561 g/mol. The molecule has 1 fully saturated rings. The third kappa shape index (κ3) is 3.54. The summed E-state index contributed by atoms with van der Waals surface area (Å²) in [7, 11) is 1.33. The van der Waals surface area contributed by atoms with E-state index in [0.29, 0.717) is 32.0 Å². The van der Waals surface area contributed by atoms with Crippen LogP contribution in [0.25, 0.3) is 0 Å². The number of alkyl halides is 6. The van der Waals surface area contributed by atoms with Crippen molar-refractivity contribution < 1.29 is 38.9 Å². The third-order valence-electron chi connectivity index (χ3n) is 5.12. The van der Waals surface area contributed by atoms with Crippen molar-refractivity contribution in [3.05, 3.63) is 55.2 Å². The standard InChI is InChI=1S/C20H18F6INO3/c1-29-16-8-4-7-15(28-9-11-30-12-10-28)17(16)27-14-6-3-2-5-13(14)18(31-27,19(21,22)23)20(24,25)26/h2-8H,9-12H2,1H3. The summed E-state index contributed by atoms with van der Waals surface area (Å²) in [6, 6.07) is 9.62. The van der Waals surface area contributed by atoms with Crippen LogP contribution in [0.3, 0.4) is 0 Å². The van der Waals surface area contributed by atoms with E-state index in [4.69, 9.17) is 12.5 Å². The molecule has 0 spiro atoms. The summed E-state index contributed by atoms with van der Waals surface area (Å²) < 4.78 is 100. The molecule has 4 nitrogen and oxygen atoms in total. The van der Waals surface area contributed by atoms with Crippen molar-refractivity contribution in [3.8, 4) is 5.75 Å². The van der Waals surface area contributed by atoms with Gasteiger partial charge >= 0.3 is 182 Å². The number of fused-ring (bicyclic) bond motifs is 1. The fourth-order valence-corrected chi connectivity index (χ4v) is 9.63. The van der Waals surface area contributed by atoms with Crippen LogP contribution < -0.4 is 9.64 Å². The topological polar surface area (TPSA) is 30.9 Å². The summed E-state index contributed by atoms with van der Waals surface area (Å²) >= 11 is -3.71. The van der Waals surface area contributed by atoms with E-state index in [-0.39, 0.29) is 12.9 Å². The molecule has 4 rings (SSSR count). The molecule has 0 radical (unpaired) electrons. The summed E-state index contributed by atoms with van der Waals surface area (Å²) in [6.07, 6.45) is -11.4. The number of nitrogens with zero attached hydrogens (tertiary/aromatic N) is 1. The fourth-order valence-electron chi connectivity index (χ4n) is 3.67. The van der Waals surface area contributed by atoms with Crippen molar-refractivity contribution in [2.24, 2.45) is 0 Å². The van der Waals surface area contributed by atoms with Crippen LogP contribution in [0.2, 0.25) is 0 Å². The van der Waals surface area contributed by atoms with Crippen LogP contribution in [0.1, 0.15) is 5.56 Å². The van der Waals surface area contributed by atoms with E-state index >= 15 is 0 Å². The number of benzene rings is 2. The van der Waals surface area contributed by atoms with E-state index in [1.165, 1.54) is 31.4 Å². The first-order chi connectivity index (χ1) is 14.6. The number of ether oxygens (including phenoxy) is 2. The van der Waals surface area contributed by atoms with Crippen molar-refractivity contribution in [1.82, 2.24) is 0 Å². The first-order valence-corrected chi connectivity index (χ1v) is 12.3. The number of hydrogen-bond acceptors (Lipinski definition) is 4. The van der Waals surface area contributed by atoms with E-state index in [1.54, 1.807) is 12.1 Å². The number of rotatable bonds is 3. The third-order valence-corrected chi connectivity index (χ3v) is 10.3. The second kappa shape index (κ2) is 8.00. The molecule has 0 saturated carbocycles. The predicted molar refractivity (Wildman–Crippen MR) is 109 cm³/mol. The average Bonchev–Trinajstić information content (AvgIpc) is 3.10. The Morgan fingerprint density at radius 2 is 1.58 bits per heavy atom. The van der Waals surface area contributed by atoms with Crippen LogP contribution in [-0.4, -0.2) is 45.8 Å². The maximum atomic E-state index is 14.0. The summed E-state index contributed by atoms with van der Waals surface area (Å²) in [5.41, 5.74) is -4.74. The maximum absolute atomic E-state index is 14.0. The Bertz CT molecular complexity index is 945. The summed E-state index contributed by atoms with van der Waals surface area (Å²) in [6.45, 7) is 1.71. The van der Waals surface area contributed by atoms with Crippen LogP contribution in [0.5, 0.6) is 5.75 Å². The van der Waals surface area contributed by atoms with Gasteiger partial charge in [0.05, 0.1) is 0 Å². The Labute approximate surface area is 182 Å². The van der Waals surface area contributed by atoms with Gasteiger partial charge in [-0.1, -0.05) is 0 Å². The number of halogens is 7. The van der Waals surface area contributed by atoms with Gasteiger partial charge in [-0.05, 0) is 0 Å². The Balaban J connectivity index is 1.95. The van der Waals surface area contributed by atoms with E-state index in [0.717, 1.165) is 6.07 Å². The molecule has 0 atom stereocenters. The van der Waals surface area contributed by atoms with E-state index in [2.05, 4.69) is 0 Å². The Kier molecular flexibility index (Phi) is 5.80. The molecule has 11 heteroatoms. The van der Waals surface area contributed by atoms with Gasteiger partial charge in [0, 0.05) is 0 Å². The molecule has 2 heterocycles. The van der Waals surface area contributed by atoms with Crippen molar-refractivity contribution >= 4 is 25.9 Å². The van der Waals surface area contributed by atoms with Gasteiger partial charge in [0.15, 0.2) is 0 Å². The Morgan fingerprint density at radius 3 is 2.19 bits per heavy atom. The first-order valence-electron chi connectivity index (χ1n) is 9.24. The van der Waals surface area contributed by atoms with E-state index in [1.807, 2.05) is 4.90 Å². The molecule has 31 heavy (non-hydrogen) atoms. The zero-order chi connectivity index (χ0) is 22.4. The molecule has 2 aliphatic rings. The molecule has 2 aliphatic heterocycles. The van der Waals surface area contributed by atoms with E-state index in [9.17, 15) is 26.3 Å². The fraction of sp³-hybridized carbons (Fsp3) is 0.400. The van der Waals surface area contributed by atoms with Gasteiger partial charge < -0.3 is 0 Å². The molecular formula is C20H18F6INO3. The van der Waals surface area contributed by atoms with Gasteiger partial charge in [-0.25, -0.2) is 0 Å². The van der Waals surface area contributed by atoms with E-state index < -0.39 is 43.8 Å². The van der Waals surface area contributed by atoms with Crippen LogP contribution in [-0.2, 0) is 13.4 Å².